The zero-order chi connectivity index (χ0) is 18.2. The minimum atomic E-state index is -4.89. The minimum Gasteiger partial charge on any atom is -0.338 e. The van der Waals surface area contributed by atoms with Gasteiger partial charge in [-0.2, -0.15) is 18.3 Å². The van der Waals surface area contributed by atoms with Gasteiger partial charge in [0.25, 0.3) is 5.91 Å². The van der Waals surface area contributed by atoms with Crippen molar-refractivity contribution in [3.05, 3.63) is 29.8 Å². The topological polar surface area (TPSA) is 35.9 Å². The maximum Gasteiger partial charge on any atom is 0.422 e. The lowest BCUT2D eigenvalue weighted by molar-refractivity contribution is -0.241. The first-order chi connectivity index (χ1) is 11.7. The van der Waals surface area contributed by atoms with Crippen LogP contribution < -0.4 is 5.01 Å². The van der Waals surface area contributed by atoms with E-state index in [1.807, 2.05) is 11.9 Å². The molecule has 0 spiro atoms. The molecule has 136 valence electrons. The van der Waals surface area contributed by atoms with Gasteiger partial charge in [0.15, 0.2) is 0 Å². The van der Waals surface area contributed by atoms with Gasteiger partial charge in [0.05, 0.1) is 5.69 Å². The van der Waals surface area contributed by atoms with Gasteiger partial charge in [0.2, 0.25) is 5.67 Å². The van der Waals surface area contributed by atoms with Crippen LogP contribution in [0.3, 0.4) is 0 Å². The Hall–Kier alpha value is -2.12. The molecule has 0 bridgehead atoms. The molecule has 1 amide bonds. The summed E-state index contributed by atoms with van der Waals surface area (Å²) in [5.41, 5.74) is -0.930. The number of hydrogen-bond donors (Lipinski definition) is 0. The van der Waals surface area contributed by atoms with Gasteiger partial charge in [0, 0.05) is 50.2 Å². The average Bonchev–Trinajstić information content (AvgIpc) is 3.01. The van der Waals surface area contributed by atoms with Gasteiger partial charge in [-0.3, -0.25) is 9.80 Å². The van der Waals surface area contributed by atoms with Crippen LogP contribution in [0, 0.1) is 0 Å². The van der Waals surface area contributed by atoms with Gasteiger partial charge < -0.3 is 4.90 Å². The monoisotopic (exact) mass is 357 g/mol. The van der Waals surface area contributed by atoms with E-state index in [9.17, 15) is 22.4 Å². The van der Waals surface area contributed by atoms with Crippen molar-refractivity contribution >= 4 is 17.3 Å². The van der Waals surface area contributed by atoms with Crippen molar-refractivity contribution < 1.29 is 22.4 Å². The Balaban J connectivity index is 1.64. The summed E-state index contributed by atoms with van der Waals surface area (Å²) >= 11 is 0. The molecule has 1 saturated heterocycles. The van der Waals surface area contributed by atoms with E-state index in [1.165, 1.54) is 4.90 Å². The van der Waals surface area contributed by atoms with Crippen molar-refractivity contribution in [2.45, 2.75) is 38.0 Å². The summed E-state index contributed by atoms with van der Waals surface area (Å²) in [6.07, 6.45) is -5.44. The number of amides is 1. The molecule has 0 radical (unpaired) electrons. The smallest absolute Gasteiger partial charge is 0.338 e. The summed E-state index contributed by atoms with van der Waals surface area (Å²) in [5.74, 6) is -0.378. The fourth-order valence-corrected chi connectivity index (χ4v) is 3.07. The van der Waals surface area contributed by atoms with Gasteiger partial charge in [-0.25, -0.2) is 4.39 Å². The second kappa shape index (κ2) is 6.31. The molecule has 25 heavy (non-hydrogen) atoms. The first-order valence-electron chi connectivity index (χ1n) is 8.16. The van der Waals surface area contributed by atoms with Gasteiger partial charge in [0.1, 0.15) is 0 Å². The Morgan fingerprint density at radius 3 is 2.20 bits per heavy atom. The molecule has 1 aromatic carbocycles. The quantitative estimate of drug-likeness (QED) is 0.755. The number of halogens is 4. The summed E-state index contributed by atoms with van der Waals surface area (Å²) in [4.78, 5) is 13.7. The highest BCUT2D eigenvalue weighted by Crippen LogP contribution is 2.41. The number of likely N-dealkylation sites (tertiary alicyclic amines) is 1. The van der Waals surface area contributed by atoms with Crippen molar-refractivity contribution in [1.29, 1.82) is 0 Å². The molecule has 0 aliphatic carbocycles. The normalized spacial score (nSPS) is 20.6. The lowest BCUT2D eigenvalue weighted by atomic mass is 9.92. The van der Waals surface area contributed by atoms with Gasteiger partial charge in [-0.05, 0) is 31.2 Å². The number of anilines is 1. The predicted molar refractivity (Wildman–Crippen MR) is 86.5 cm³/mol. The van der Waals surface area contributed by atoms with E-state index in [0.29, 0.717) is 5.56 Å². The second-order valence-electron chi connectivity index (χ2n) is 6.51. The summed E-state index contributed by atoms with van der Waals surface area (Å²) in [7, 11) is 0. The highest BCUT2D eigenvalue weighted by molar-refractivity contribution is 5.94. The maximum atomic E-state index is 13.9. The Morgan fingerprint density at radius 2 is 1.72 bits per heavy atom. The Bertz CT molecular complexity index is 676. The molecule has 1 fully saturated rings. The number of hydrazone groups is 1. The molecule has 3 rings (SSSR count). The zero-order valence-electron chi connectivity index (χ0n) is 13.8. The van der Waals surface area contributed by atoms with Gasteiger partial charge in [-0.15, -0.1) is 0 Å². The molecule has 1 aromatic rings. The van der Waals surface area contributed by atoms with E-state index in [1.54, 1.807) is 24.3 Å². The van der Waals surface area contributed by atoms with Crippen LogP contribution in [0.2, 0.25) is 0 Å². The number of nitrogens with zero attached hydrogens (tertiary/aromatic N) is 3. The van der Waals surface area contributed by atoms with E-state index >= 15 is 0 Å². The molecule has 2 aliphatic heterocycles. The number of carbonyl (C=O) groups is 1. The molecule has 8 heteroatoms. The second-order valence-corrected chi connectivity index (χ2v) is 6.51. The molecule has 4 nitrogen and oxygen atoms in total. The number of rotatable bonds is 2. The SMILES string of the molecule is CC1=NN(c2ccc(C(=O)N3CCC(F)(C(F)(F)F)CC3)cc2)CC1. The van der Waals surface area contributed by atoms with Crippen LogP contribution in [-0.2, 0) is 0 Å². The number of alkyl halides is 4. The zero-order valence-corrected chi connectivity index (χ0v) is 13.8. The molecule has 0 saturated carbocycles. The lowest BCUT2D eigenvalue weighted by Gasteiger charge is -2.37. The van der Waals surface area contributed by atoms with Crippen molar-refractivity contribution in [2.24, 2.45) is 5.10 Å². The largest absolute Gasteiger partial charge is 0.422 e. The third kappa shape index (κ3) is 3.48. The molecular weight excluding hydrogens is 338 g/mol. The molecular formula is C17H19F4N3O. The molecule has 2 heterocycles. The number of carbonyl (C=O) groups excluding carboxylic acids is 1. The number of piperidine rings is 1. The van der Waals surface area contributed by atoms with Crippen LogP contribution in [0.15, 0.2) is 29.4 Å². The maximum absolute atomic E-state index is 13.9. The lowest BCUT2D eigenvalue weighted by Crippen LogP contribution is -2.51. The Morgan fingerprint density at radius 1 is 1.12 bits per heavy atom. The Labute approximate surface area is 143 Å². The molecule has 0 N–H and O–H groups in total. The van der Waals surface area contributed by atoms with E-state index in [2.05, 4.69) is 5.10 Å². The van der Waals surface area contributed by atoms with Crippen molar-refractivity contribution in [2.75, 3.05) is 24.6 Å². The minimum absolute atomic E-state index is 0.244. The molecule has 0 aromatic heterocycles. The molecule has 0 unspecified atom stereocenters. The molecule has 2 aliphatic rings. The molecule has 0 atom stereocenters. The van der Waals surface area contributed by atoms with Gasteiger partial charge >= 0.3 is 6.18 Å². The first-order valence-corrected chi connectivity index (χ1v) is 8.16. The van der Waals surface area contributed by atoms with Crippen LogP contribution in [0.4, 0.5) is 23.2 Å². The fourth-order valence-electron chi connectivity index (χ4n) is 3.07. The van der Waals surface area contributed by atoms with Crippen LogP contribution in [0.5, 0.6) is 0 Å². The fraction of sp³-hybridized carbons (Fsp3) is 0.529. The van der Waals surface area contributed by atoms with Crippen LogP contribution in [0.1, 0.15) is 36.5 Å². The highest BCUT2D eigenvalue weighted by atomic mass is 19.4. The third-order valence-electron chi connectivity index (χ3n) is 4.74. The summed E-state index contributed by atoms with van der Waals surface area (Å²) in [6, 6.07) is 6.77. The van der Waals surface area contributed by atoms with E-state index < -0.39 is 24.7 Å². The number of hydrogen-bond acceptors (Lipinski definition) is 3. The Kier molecular flexibility index (Phi) is 4.47. The van der Waals surface area contributed by atoms with Crippen LogP contribution in [0.25, 0.3) is 0 Å². The summed E-state index contributed by atoms with van der Waals surface area (Å²) in [5, 5.41) is 6.21. The van der Waals surface area contributed by atoms with E-state index in [0.717, 1.165) is 24.4 Å². The van der Waals surface area contributed by atoms with Crippen LogP contribution >= 0.6 is 0 Å². The van der Waals surface area contributed by atoms with Crippen molar-refractivity contribution in [3.8, 4) is 0 Å². The highest BCUT2D eigenvalue weighted by Gasteiger charge is 2.57. The number of benzene rings is 1. The first kappa shape index (κ1) is 17.7. The summed E-state index contributed by atoms with van der Waals surface area (Å²) in [6.45, 7) is 2.24. The standard InChI is InChI=1S/C17H19F4N3O/c1-12-6-9-24(22-12)14-4-2-13(3-5-14)15(25)23-10-7-16(18,8-11-23)17(19,20)21/h2-5H,6-11H2,1H3. The third-order valence-corrected chi connectivity index (χ3v) is 4.74. The van der Waals surface area contributed by atoms with Crippen molar-refractivity contribution in [1.82, 2.24) is 4.90 Å². The van der Waals surface area contributed by atoms with Crippen molar-refractivity contribution in [3.63, 3.8) is 0 Å². The van der Waals surface area contributed by atoms with E-state index in [-0.39, 0.29) is 19.0 Å². The van der Waals surface area contributed by atoms with Gasteiger partial charge in [-0.1, -0.05) is 0 Å². The average molecular weight is 357 g/mol. The van der Waals surface area contributed by atoms with E-state index in [4.69, 9.17) is 0 Å². The summed E-state index contributed by atoms with van der Waals surface area (Å²) < 4.78 is 52.0. The predicted octanol–water partition coefficient (Wildman–Crippen LogP) is 3.78. The van der Waals surface area contributed by atoms with Crippen LogP contribution in [-0.4, -0.2) is 48.0 Å².